The van der Waals surface area contributed by atoms with Crippen molar-refractivity contribution >= 4 is 5.78 Å². The van der Waals surface area contributed by atoms with Crippen LogP contribution in [0.4, 0.5) is 0 Å². The van der Waals surface area contributed by atoms with Gasteiger partial charge in [0.25, 0.3) is 0 Å². The van der Waals surface area contributed by atoms with Gasteiger partial charge in [0.2, 0.25) is 0 Å². The van der Waals surface area contributed by atoms with Crippen LogP contribution in [0.3, 0.4) is 0 Å². The molecular weight excluding hydrogens is 226 g/mol. The second kappa shape index (κ2) is 6.01. The molecule has 1 aromatic rings. The highest BCUT2D eigenvalue weighted by molar-refractivity contribution is 5.79. The minimum atomic E-state index is 0.414. The van der Waals surface area contributed by atoms with Gasteiger partial charge in [0.1, 0.15) is 11.5 Å². The largest absolute Gasteiger partial charge is 0.496 e. The predicted octanol–water partition coefficient (Wildman–Crippen LogP) is 2.64. The van der Waals surface area contributed by atoms with Crippen LogP contribution in [0.2, 0.25) is 0 Å². The van der Waals surface area contributed by atoms with E-state index in [9.17, 15) is 4.79 Å². The van der Waals surface area contributed by atoms with Gasteiger partial charge in [-0.15, -0.1) is 0 Å². The average molecular weight is 247 g/mol. The molecule has 0 saturated heterocycles. The lowest BCUT2D eigenvalue weighted by atomic mass is 9.93. The SMILES string of the molecule is COc1ccccc1CN(C)C1CCC(=O)CC1. The van der Waals surface area contributed by atoms with E-state index in [1.54, 1.807) is 7.11 Å². The van der Waals surface area contributed by atoms with E-state index in [4.69, 9.17) is 4.74 Å². The molecule has 0 aromatic heterocycles. The number of carbonyl (C=O) groups is 1. The van der Waals surface area contributed by atoms with Crippen LogP contribution in [0.5, 0.6) is 5.75 Å². The Hall–Kier alpha value is -1.35. The van der Waals surface area contributed by atoms with Crippen molar-refractivity contribution < 1.29 is 9.53 Å². The zero-order chi connectivity index (χ0) is 13.0. The highest BCUT2D eigenvalue weighted by atomic mass is 16.5. The third-order valence-electron chi connectivity index (χ3n) is 3.75. The molecule has 0 atom stereocenters. The number of nitrogens with zero attached hydrogens (tertiary/aromatic N) is 1. The number of benzene rings is 1. The summed E-state index contributed by atoms with van der Waals surface area (Å²) < 4.78 is 5.37. The van der Waals surface area contributed by atoms with Crippen molar-refractivity contribution in [2.75, 3.05) is 14.2 Å². The summed E-state index contributed by atoms with van der Waals surface area (Å²) in [4.78, 5) is 13.6. The lowest BCUT2D eigenvalue weighted by molar-refractivity contribution is -0.121. The number of carbonyl (C=O) groups excluding carboxylic acids is 1. The first-order chi connectivity index (χ1) is 8.70. The molecule has 0 spiro atoms. The highest BCUT2D eigenvalue weighted by Gasteiger charge is 2.22. The Balaban J connectivity index is 1.98. The third kappa shape index (κ3) is 3.10. The van der Waals surface area contributed by atoms with Crippen LogP contribution in [0.25, 0.3) is 0 Å². The number of hydrogen-bond donors (Lipinski definition) is 0. The molecule has 0 unspecified atom stereocenters. The van der Waals surface area contributed by atoms with Crippen molar-refractivity contribution in [1.29, 1.82) is 0 Å². The van der Waals surface area contributed by atoms with E-state index in [0.29, 0.717) is 11.8 Å². The second-order valence-electron chi connectivity index (χ2n) is 5.00. The molecule has 3 nitrogen and oxygen atoms in total. The Morgan fingerprint density at radius 3 is 2.61 bits per heavy atom. The monoisotopic (exact) mass is 247 g/mol. The number of rotatable bonds is 4. The zero-order valence-corrected chi connectivity index (χ0v) is 11.2. The molecule has 1 aliphatic rings. The Labute approximate surface area is 109 Å². The van der Waals surface area contributed by atoms with Gasteiger partial charge >= 0.3 is 0 Å². The smallest absolute Gasteiger partial charge is 0.133 e. The molecule has 0 radical (unpaired) electrons. The molecule has 1 fully saturated rings. The minimum absolute atomic E-state index is 0.414. The van der Waals surface area contributed by atoms with Gasteiger partial charge in [-0.1, -0.05) is 18.2 Å². The lowest BCUT2D eigenvalue weighted by Gasteiger charge is -2.31. The summed E-state index contributed by atoms with van der Waals surface area (Å²) in [5, 5.41) is 0. The molecule has 0 aliphatic heterocycles. The quantitative estimate of drug-likeness (QED) is 0.819. The fourth-order valence-corrected chi connectivity index (χ4v) is 2.60. The van der Waals surface area contributed by atoms with E-state index < -0.39 is 0 Å². The summed E-state index contributed by atoms with van der Waals surface area (Å²) in [6.07, 6.45) is 3.46. The van der Waals surface area contributed by atoms with Gasteiger partial charge in [0.15, 0.2) is 0 Å². The molecule has 1 aromatic carbocycles. The molecule has 1 aliphatic carbocycles. The van der Waals surface area contributed by atoms with E-state index in [1.165, 1.54) is 5.56 Å². The topological polar surface area (TPSA) is 29.5 Å². The van der Waals surface area contributed by atoms with Crippen molar-refractivity contribution in [3.63, 3.8) is 0 Å². The molecule has 0 heterocycles. The van der Waals surface area contributed by atoms with Crippen molar-refractivity contribution in [1.82, 2.24) is 4.90 Å². The van der Waals surface area contributed by atoms with Gasteiger partial charge in [0, 0.05) is 31.0 Å². The summed E-state index contributed by atoms with van der Waals surface area (Å²) >= 11 is 0. The fraction of sp³-hybridized carbons (Fsp3) is 0.533. The van der Waals surface area contributed by atoms with E-state index >= 15 is 0 Å². The molecule has 18 heavy (non-hydrogen) atoms. The highest BCUT2D eigenvalue weighted by Crippen LogP contribution is 2.24. The van der Waals surface area contributed by atoms with Gasteiger partial charge in [-0.05, 0) is 26.0 Å². The summed E-state index contributed by atoms with van der Waals surface area (Å²) in [5.74, 6) is 1.35. The second-order valence-corrected chi connectivity index (χ2v) is 5.00. The predicted molar refractivity (Wildman–Crippen MR) is 71.7 cm³/mol. The molecule has 0 amide bonds. The van der Waals surface area contributed by atoms with Crippen molar-refractivity contribution in [3.8, 4) is 5.75 Å². The Kier molecular flexibility index (Phi) is 4.37. The van der Waals surface area contributed by atoms with Gasteiger partial charge in [-0.25, -0.2) is 0 Å². The number of ether oxygens (including phenoxy) is 1. The molecule has 2 rings (SSSR count). The van der Waals surface area contributed by atoms with Crippen LogP contribution in [0, 0.1) is 0 Å². The van der Waals surface area contributed by atoms with Crippen LogP contribution in [0.1, 0.15) is 31.2 Å². The summed E-state index contributed by atoms with van der Waals surface area (Å²) in [7, 11) is 3.84. The Bertz CT molecular complexity index is 407. The first kappa shape index (κ1) is 13.1. The summed E-state index contributed by atoms with van der Waals surface area (Å²) in [5.41, 5.74) is 1.21. The van der Waals surface area contributed by atoms with Crippen LogP contribution in [-0.2, 0) is 11.3 Å². The third-order valence-corrected chi connectivity index (χ3v) is 3.75. The Morgan fingerprint density at radius 1 is 1.28 bits per heavy atom. The summed E-state index contributed by atoms with van der Waals surface area (Å²) in [6.45, 7) is 0.878. The van der Waals surface area contributed by atoms with Crippen LogP contribution in [0.15, 0.2) is 24.3 Å². The maximum absolute atomic E-state index is 11.3. The molecule has 1 saturated carbocycles. The van der Waals surface area contributed by atoms with Gasteiger partial charge in [-0.2, -0.15) is 0 Å². The standard InChI is InChI=1S/C15H21NO2/c1-16(13-7-9-14(17)10-8-13)11-12-5-3-4-6-15(12)18-2/h3-6,13H,7-11H2,1-2H3. The maximum atomic E-state index is 11.3. The van der Waals surface area contributed by atoms with Crippen LogP contribution >= 0.6 is 0 Å². The molecule has 98 valence electrons. The molecule has 0 N–H and O–H groups in total. The number of hydrogen-bond acceptors (Lipinski definition) is 3. The van der Waals surface area contributed by atoms with E-state index in [0.717, 1.165) is 38.0 Å². The van der Waals surface area contributed by atoms with Gasteiger partial charge in [0.05, 0.1) is 7.11 Å². The first-order valence-corrected chi connectivity index (χ1v) is 6.54. The fourth-order valence-electron chi connectivity index (χ4n) is 2.60. The molecule has 3 heteroatoms. The van der Waals surface area contributed by atoms with Crippen molar-refractivity contribution in [3.05, 3.63) is 29.8 Å². The van der Waals surface area contributed by atoms with Crippen LogP contribution < -0.4 is 4.74 Å². The number of methoxy groups -OCH3 is 1. The Morgan fingerprint density at radius 2 is 1.94 bits per heavy atom. The summed E-state index contributed by atoms with van der Waals surface area (Å²) in [6, 6.07) is 8.64. The number of ketones is 1. The van der Waals surface area contributed by atoms with Crippen LogP contribution in [-0.4, -0.2) is 30.9 Å². The molecular formula is C15H21NO2. The number of Topliss-reactive ketones (excluding diaryl/α,β-unsaturated/α-hetero) is 1. The van der Waals surface area contributed by atoms with E-state index in [2.05, 4.69) is 18.0 Å². The first-order valence-electron chi connectivity index (χ1n) is 6.54. The zero-order valence-electron chi connectivity index (χ0n) is 11.2. The van der Waals surface area contributed by atoms with Crippen molar-refractivity contribution in [2.45, 2.75) is 38.3 Å². The van der Waals surface area contributed by atoms with E-state index in [1.807, 2.05) is 18.2 Å². The van der Waals surface area contributed by atoms with Crippen molar-refractivity contribution in [2.24, 2.45) is 0 Å². The maximum Gasteiger partial charge on any atom is 0.133 e. The number of para-hydroxylation sites is 1. The average Bonchev–Trinajstić information content (AvgIpc) is 2.40. The van der Waals surface area contributed by atoms with Gasteiger partial charge < -0.3 is 4.74 Å². The van der Waals surface area contributed by atoms with E-state index in [-0.39, 0.29) is 0 Å². The molecule has 0 bridgehead atoms. The lowest BCUT2D eigenvalue weighted by Crippen LogP contribution is -2.34. The minimum Gasteiger partial charge on any atom is -0.496 e. The normalized spacial score (nSPS) is 17.2. The van der Waals surface area contributed by atoms with Gasteiger partial charge in [-0.3, -0.25) is 9.69 Å².